The highest BCUT2D eigenvalue weighted by atomic mass is 31.2. The van der Waals surface area contributed by atoms with E-state index in [1.807, 2.05) is 25.1 Å². The Hall–Kier alpha value is -1.58. The van der Waals surface area contributed by atoms with Gasteiger partial charge in [-0.1, -0.05) is 18.2 Å². The molecule has 1 N–H and O–H groups in total. The first-order chi connectivity index (χ1) is 14.2. The van der Waals surface area contributed by atoms with Gasteiger partial charge in [-0.25, -0.2) is 4.57 Å². The van der Waals surface area contributed by atoms with Crippen LogP contribution in [-0.2, 0) is 27.8 Å². The average molecular weight is 443 g/mol. The van der Waals surface area contributed by atoms with Crippen LogP contribution in [0, 0.1) is 0 Å². The Labute approximate surface area is 176 Å². The third-order valence-electron chi connectivity index (χ3n) is 4.56. The van der Waals surface area contributed by atoms with Crippen LogP contribution >= 0.6 is 7.82 Å². The molecule has 1 heterocycles. The van der Waals surface area contributed by atoms with Crippen molar-refractivity contribution in [1.82, 2.24) is 4.57 Å². The summed E-state index contributed by atoms with van der Waals surface area (Å²) in [5.41, 5.74) is -1.41. The van der Waals surface area contributed by atoms with E-state index in [-0.39, 0.29) is 18.8 Å². The molecule has 0 aliphatic rings. The van der Waals surface area contributed by atoms with Gasteiger partial charge in [0.15, 0.2) is 6.23 Å². The fraction of sp³-hybridized carbons (Fsp3) is 0.550. The monoisotopic (exact) mass is 443 g/mol. The fourth-order valence-corrected chi connectivity index (χ4v) is 3.65. The minimum absolute atomic E-state index is 0.0361. The smallest absolute Gasteiger partial charge is 0.382 e. The minimum Gasteiger partial charge on any atom is -0.382 e. The van der Waals surface area contributed by atoms with Gasteiger partial charge in [0.2, 0.25) is 0 Å². The molecule has 0 spiro atoms. The summed E-state index contributed by atoms with van der Waals surface area (Å²) in [5.74, 6) is 0. The molecular weight excluding hydrogens is 413 g/mol. The van der Waals surface area contributed by atoms with Crippen molar-refractivity contribution in [1.29, 1.82) is 0 Å². The molecule has 168 valence electrons. The highest BCUT2D eigenvalue weighted by Crippen LogP contribution is 2.43. The molecule has 9 nitrogen and oxygen atoms in total. The van der Waals surface area contributed by atoms with Crippen LogP contribution in [-0.4, -0.2) is 55.2 Å². The summed E-state index contributed by atoms with van der Waals surface area (Å²) in [6, 6.07) is 9.08. The summed E-state index contributed by atoms with van der Waals surface area (Å²) in [5, 5.41) is 1.35. The molecule has 0 radical (unpaired) electrons. The van der Waals surface area contributed by atoms with Crippen molar-refractivity contribution in [3.8, 4) is 0 Å². The van der Waals surface area contributed by atoms with E-state index < -0.39 is 25.8 Å². The summed E-state index contributed by atoms with van der Waals surface area (Å²) in [6.45, 7) is 5.43. The van der Waals surface area contributed by atoms with E-state index in [4.69, 9.17) is 18.7 Å². The zero-order chi connectivity index (χ0) is 22.4. The molecule has 2 rings (SSSR count). The zero-order valence-corrected chi connectivity index (χ0v) is 18.8. The second-order valence-corrected chi connectivity index (χ2v) is 8.65. The molecule has 1 aromatic heterocycles. The summed E-state index contributed by atoms with van der Waals surface area (Å²) in [6.07, 6.45) is 0.296. The number of methoxy groups -OCH3 is 1. The third kappa shape index (κ3) is 6.21. The van der Waals surface area contributed by atoms with E-state index in [2.05, 4.69) is 4.52 Å². The highest BCUT2D eigenvalue weighted by Gasteiger charge is 2.36. The molecule has 0 fully saturated rings. The topological polar surface area (TPSA) is 105 Å². The number of phosphoric ester groups is 1. The number of ether oxygens (including phenoxy) is 3. The normalized spacial score (nSPS) is 17.9. The van der Waals surface area contributed by atoms with E-state index in [0.717, 1.165) is 12.5 Å². The summed E-state index contributed by atoms with van der Waals surface area (Å²) < 4.78 is 39.9. The van der Waals surface area contributed by atoms with Gasteiger partial charge in [0.1, 0.15) is 5.60 Å². The maximum absolute atomic E-state index is 13.1. The fourth-order valence-electron chi connectivity index (χ4n) is 3.11. The van der Waals surface area contributed by atoms with E-state index in [1.165, 1.54) is 11.7 Å². The van der Waals surface area contributed by atoms with Gasteiger partial charge in [-0.05, 0) is 38.3 Å². The molecule has 10 heteroatoms. The van der Waals surface area contributed by atoms with Crippen LogP contribution in [0.5, 0.6) is 0 Å². The maximum atomic E-state index is 13.1. The number of hydrogen-bond donors (Lipinski definition) is 1. The Balaban J connectivity index is 2.44. The van der Waals surface area contributed by atoms with Crippen molar-refractivity contribution in [2.24, 2.45) is 0 Å². The van der Waals surface area contributed by atoms with Gasteiger partial charge in [0.25, 0.3) is 5.56 Å². The molecule has 1 aromatic carbocycles. The number of fused-ring (bicyclic) bond motifs is 1. The lowest BCUT2D eigenvalue weighted by Crippen LogP contribution is -2.45. The Morgan fingerprint density at radius 1 is 1.20 bits per heavy atom. The second kappa shape index (κ2) is 10.6. The van der Waals surface area contributed by atoms with Gasteiger partial charge in [-0.15, -0.1) is 0 Å². The molecule has 3 unspecified atom stereocenters. The van der Waals surface area contributed by atoms with Gasteiger partial charge in [-0.3, -0.25) is 18.4 Å². The third-order valence-corrected chi connectivity index (χ3v) is 5.48. The average Bonchev–Trinajstić information content (AvgIpc) is 2.72. The molecule has 0 bridgehead atoms. The number of aromatic nitrogens is 1. The van der Waals surface area contributed by atoms with Crippen LogP contribution in [0.25, 0.3) is 10.8 Å². The predicted octanol–water partition coefficient (Wildman–Crippen LogP) is 3.11. The lowest BCUT2D eigenvalue weighted by atomic mass is 10.1. The molecule has 0 amide bonds. The predicted molar refractivity (Wildman–Crippen MR) is 112 cm³/mol. The van der Waals surface area contributed by atoms with Crippen molar-refractivity contribution in [2.45, 2.75) is 38.7 Å². The van der Waals surface area contributed by atoms with Crippen LogP contribution in [0.4, 0.5) is 0 Å². The summed E-state index contributed by atoms with van der Waals surface area (Å²) in [4.78, 5) is 22.7. The van der Waals surface area contributed by atoms with Crippen molar-refractivity contribution < 1.29 is 32.7 Å². The highest BCUT2D eigenvalue weighted by molar-refractivity contribution is 7.47. The van der Waals surface area contributed by atoms with E-state index in [1.54, 1.807) is 32.2 Å². The van der Waals surface area contributed by atoms with Crippen LogP contribution in [0.3, 0.4) is 0 Å². The molecule has 4 atom stereocenters. The molecular formula is C20H30NO8P. The van der Waals surface area contributed by atoms with Gasteiger partial charge in [0, 0.05) is 32.4 Å². The van der Waals surface area contributed by atoms with Crippen molar-refractivity contribution in [3.05, 3.63) is 46.9 Å². The number of hydrogen-bond acceptors (Lipinski definition) is 7. The standard InChI is InChI=1S/C20H30NO8P/c1-6-27-15(2)19(21-12-11-16-9-7-8-10-17(16)18(21)22)29-20(3,13-25-4)14-28-30(23,24)26-5/h7-12,15,19H,6,13-14H2,1-5H3,(H,23,24)/t15-,19?,20?/m0/s1. The van der Waals surface area contributed by atoms with E-state index in [9.17, 15) is 14.3 Å². The number of phosphoric acid groups is 1. The van der Waals surface area contributed by atoms with E-state index >= 15 is 0 Å². The second-order valence-electron chi connectivity index (χ2n) is 7.09. The van der Waals surface area contributed by atoms with Crippen LogP contribution < -0.4 is 5.56 Å². The van der Waals surface area contributed by atoms with Crippen molar-refractivity contribution in [2.75, 3.05) is 34.0 Å². The lowest BCUT2D eigenvalue weighted by Gasteiger charge is -2.36. The zero-order valence-electron chi connectivity index (χ0n) is 17.9. The number of pyridine rings is 1. The number of benzene rings is 1. The Kier molecular flexibility index (Phi) is 8.75. The lowest BCUT2D eigenvalue weighted by molar-refractivity contribution is -0.198. The first-order valence-corrected chi connectivity index (χ1v) is 11.1. The van der Waals surface area contributed by atoms with Crippen molar-refractivity contribution >= 4 is 18.6 Å². The Morgan fingerprint density at radius 2 is 1.90 bits per heavy atom. The Bertz CT molecular complexity index is 932. The molecule has 0 aliphatic heterocycles. The van der Waals surface area contributed by atoms with E-state index in [0.29, 0.717) is 12.0 Å². The Morgan fingerprint density at radius 3 is 2.53 bits per heavy atom. The largest absolute Gasteiger partial charge is 0.472 e. The molecule has 0 saturated heterocycles. The first kappa shape index (κ1) is 24.7. The summed E-state index contributed by atoms with van der Waals surface area (Å²) >= 11 is 0. The number of rotatable bonds is 12. The van der Waals surface area contributed by atoms with Crippen LogP contribution in [0.1, 0.15) is 27.0 Å². The molecule has 0 saturated carbocycles. The van der Waals surface area contributed by atoms with Crippen LogP contribution in [0.15, 0.2) is 41.3 Å². The van der Waals surface area contributed by atoms with Gasteiger partial charge in [0.05, 0.1) is 19.3 Å². The van der Waals surface area contributed by atoms with Gasteiger partial charge >= 0.3 is 7.82 Å². The molecule has 30 heavy (non-hydrogen) atoms. The first-order valence-electron chi connectivity index (χ1n) is 9.57. The van der Waals surface area contributed by atoms with Crippen LogP contribution in [0.2, 0.25) is 0 Å². The molecule has 0 aliphatic carbocycles. The minimum atomic E-state index is -4.22. The SMILES string of the molecule is CCO[C@@H](C)C(OC(C)(COC)COP(=O)(O)OC)n1ccc2ccccc2c1=O. The maximum Gasteiger partial charge on any atom is 0.472 e. The van der Waals surface area contributed by atoms with Crippen molar-refractivity contribution in [3.63, 3.8) is 0 Å². The molecule has 2 aromatic rings. The quantitative estimate of drug-likeness (QED) is 0.499. The van der Waals surface area contributed by atoms with Gasteiger partial charge < -0.3 is 19.1 Å². The number of nitrogens with zero attached hydrogens (tertiary/aromatic N) is 1. The summed E-state index contributed by atoms with van der Waals surface area (Å²) in [7, 11) is -1.68. The van der Waals surface area contributed by atoms with Gasteiger partial charge in [-0.2, -0.15) is 0 Å².